The number of aliphatic carboxylic acids is 1. The molecule has 15 heavy (non-hydrogen) atoms. The summed E-state index contributed by atoms with van der Waals surface area (Å²) in [5, 5.41) is 11.8. The van der Waals surface area contributed by atoms with Gasteiger partial charge in [-0.3, -0.25) is 9.59 Å². The number of nitrogens with one attached hydrogen (secondary N) is 1. The standard InChI is InChI=1S/C11H17NO3/c1-6(13)12-5-9-3-8-2-7(9)4-10(8)11(14)15/h7-10H,2-5H2,1H3,(H,12,13)(H,14,15). The minimum Gasteiger partial charge on any atom is -0.481 e. The fourth-order valence-corrected chi connectivity index (χ4v) is 3.22. The minimum atomic E-state index is -0.638. The lowest BCUT2D eigenvalue weighted by Gasteiger charge is -2.25. The van der Waals surface area contributed by atoms with Gasteiger partial charge in [0.25, 0.3) is 0 Å². The maximum atomic E-state index is 10.9. The van der Waals surface area contributed by atoms with Gasteiger partial charge < -0.3 is 10.4 Å². The lowest BCUT2D eigenvalue weighted by atomic mass is 9.82. The number of carboxylic acid groups (broad SMARTS) is 1. The molecule has 2 fully saturated rings. The smallest absolute Gasteiger partial charge is 0.306 e. The highest BCUT2D eigenvalue weighted by molar-refractivity contribution is 5.73. The number of amides is 1. The van der Waals surface area contributed by atoms with Gasteiger partial charge in [-0.05, 0) is 37.0 Å². The summed E-state index contributed by atoms with van der Waals surface area (Å²) in [5.74, 6) is 0.625. The summed E-state index contributed by atoms with van der Waals surface area (Å²) >= 11 is 0. The van der Waals surface area contributed by atoms with Crippen molar-refractivity contribution in [2.75, 3.05) is 6.54 Å². The number of carboxylic acids is 1. The summed E-state index contributed by atoms with van der Waals surface area (Å²) in [6.45, 7) is 2.25. The number of fused-ring (bicyclic) bond motifs is 2. The van der Waals surface area contributed by atoms with Crippen LogP contribution in [0.2, 0.25) is 0 Å². The number of carbonyl (C=O) groups is 2. The first-order valence-corrected chi connectivity index (χ1v) is 5.55. The molecule has 0 aromatic heterocycles. The lowest BCUT2D eigenvalue weighted by Crippen LogP contribution is -2.32. The van der Waals surface area contributed by atoms with Gasteiger partial charge in [0, 0.05) is 13.5 Å². The molecule has 4 nitrogen and oxygen atoms in total. The molecule has 0 aromatic rings. The van der Waals surface area contributed by atoms with Gasteiger partial charge >= 0.3 is 5.97 Å². The Kier molecular flexibility index (Phi) is 2.67. The van der Waals surface area contributed by atoms with Crippen molar-refractivity contribution < 1.29 is 14.7 Å². The average Bonchev–Trinajstić information content (AvgIpc) is 2.72. The average molecular weight is 211 g/mol. The van der Waals surface area contributed by atoms with Crippen LogP contribution in [0.1, 0.15) is 26.2 Å². The van der Waals surface area contributed by atoms with E-state index in [-0.39, 0.29) is 11.8 Å². The summed E-state index contributed by atoms with van der Waals surface area (Å²) in [7, 11) is 0. The number of hydrogen-bond acceptors (Lipinski definition) is 2. The van der Waals surface area contributed by atoms with Gasteiger partial charge in [0.05, 0.1) is 5.92 Å². The second-order valence-electron chi connectivity index (χ2n) is 4.87. The zero-order valence-electron chi connectivity index (χ0n) is 8.90. The summed E-state index contributed by atoms with van der Waals surface area (Å²) in [6, 6.07) is 0. The zero-order valence-corrected chi connectivity index (χ0v) is 8.90. The van der Waals surface area contributed by atoms with Crippen molar-refractivity contribution in [1.29, 1.82) is 0 Å². The first-order chi connectivity index (χ1) is 7.08. The van der Waals surface area contributed by atoms with Crippen LogP contribution in [0.25, 0.3) is 0 Å². The molecule has 2 N–H and O–H groups in total. The number of rotatable bonds is 3. The molecule has 4 heteroatoms. The third-order valence-corrected chi connectivity index (χ3v) is 3.93. The molecule has 2 bridgehead atoms. The molecular weight excluding hydrogens is 194 g/mol. The van der Waals surface area contributed by atoms with Crippen molar-refractivity contribution in [2.24, 2.45) is 23.7 Å². The monoisotopic (exact) mass is 211 g/mol. The predicted octanol–water partition coefficient (Wildman–Crippen LogP) is 0.869. The summed E-state index contributed by atoms with van der Waals surface area (Å²) < 4.78 is 0. The summed E-state index contributed by atoms with van der Waals surface area (Å²) in [6.07, 6.45) is 2.83. The fraction of sp³-hybridized carbons (Fsp3) is 0.818. The molecule has 4 unspecified atom stereocenters. The molecule has 0 aliphatic heterocycles. The Hall–Kier alpha value is -1.06. The molecule has 0 heterocycles. The van der Waals surface area contributed by atoms with Crippen molar-refractivity contribution in [3.63, 3.8) is 0 Å². The second-order valence-corrected chi connectivity index (χ2v) is 4.87. The topological polar surface area (TPSA) is 66.4 Å². The number of carbonyl (C=O) groups excluding carboxylic acids is 1. The third kappa shape index (κ3) is 1.98. The highest BCUT2D eigenvalue weighted by Crippen LogP contribution is 2.51. The second kappa shape index (κ2) is 3.83. The SMILES string of the molecule is CC(=O)NCC1CC2CC1CC2C(=O)O. The van der Waals surface area contributed by atoms with E-state index in [2.05, 4.69) is 5.32 Å². The Balaban J connectivity index is 1.86. The van der Waals surface area contributed by atoms with Crippen LogP contribution < -0.4 is 5.32 Å². The molecule has 2 saturated carbocycles. The van der Waals surface area contributed by atoms with E-state index in [1.54, 1.807) is 0 Å². The minimum absolute atomic E-state index is 0.00700. The van der Waals surface area contributed by atoms with Crippen LogP contribution in [-0.4, -0.2) is 23.5 Å². The van der Waals surface area contributed by atoms with E-state index >= 15 is 0 Å². The van der Waals surface area contributed by atoms with Crippen LogP contribution in [0.3, 0.4) is 0 Å². The molecule has 2 aliphatic carbocycles. The molecule has 84 valence electrons. The zero-order chi connectivity index (χ0) is 11.0. The van der Waals surface area contributed by atoms with Gasteiger partial charge in [0.1, 0.15) is 0 Å². The third-order valence-electron chi connectivity index (χ3n) is 3.93. The lowest BCUT2D eigenvalue weighted by molar-refractivity contribution is -0.143. The number of hydrogen-bond donors (Lipinski definition) is 2. The van der Waals surface area contributed by atoms with Crippen LogP contribution in [0.5, 0.6) is 0 Å². The van der Waals surface area contributed by atoms with Crippen molar-refractivity contribution in [3.05, 3.63) is 0 Å². The van der Waals surface area contributed by atoms with Crippen molar-refractivity contribution in [1.82, 2.24) is 5.32 Å². The molecule has 1 amide bonds. The van der Waals surface area contributed by atoms with Crippen LogP contribution in [-0.2, 0) is 9.59 Å². The van der Waals surface area contributed by atoms with Gasteiger partial charge in [0.15, 0.2) is 0 Å². The Morgan fingerprint density at radius 3 is 2.47 bits per heavy atom. The van der Waals surface area contributed by atoms with Crippen molar-refractivity contribution in [2.45, 2.75) is 26.2 Å². The Morgan fingerprint density at radius 2 is 2.00 bits per heavy atom. The van der Waals surface area contributed by atoms with E-state index in [0.29, 0.717) is 17.8 Å². The molecular formula is C11H17NO3. The van der Waals surface area contributed by atoms with Crippen LogP contribution in [0, 0.1) is 23.7 Å². The quantitative estimate of drug-likeness (QED) is 0.728. The van der Waals surface area contributed by atoms with Crippen LogP contribution in [0.4, 0.5) is 0 Å². The van der Waals surface area contributed by atoms with Gasteiger partial charge in [-0.15, -0.1) is 0 Å². The maximum absolute atomic E-state index is 10.9. The molecule has 4 atom stereocenters. The van der Waals surface area contributed by atoms with Crippen molar-refractivity contribution >= 4 is 11.9 Å². The van der Waals surface area contributed by atoms with Crippen LogP contribution in [0.15, 0.2) is 0 Å². The van der Waals surface area contributed by atoms with E-state index in [1.807, 2.05) is 0 Å². The predicted molar refractivity (Wildman–Crippen MR) is 54.1 cm³/mol. The fourth-order valence-electron chi connectivity index (χ4n) is 3.22. The first kappa shape index (κ1) is 10.5. The highest BCUT2D eigenvalue weighted by atomic mass is 16.4. The van der Waals surface area contributed by atoms with Gasteiger partial charge in [0.2, 0.25) is 5.91 Å². The maximum Gasteiger partial charge on any atom is 0.306 e. The van der Waals surface area contributed by atoms with Gasteiger partial charge in [-0.2, -0.15) is 0 Å². The van der Waals surface area contributed by atoms with E-state index in [0.717, 1.165) is 25.8 Å². The molecule has 2 aliphatic rings. The highest BCUT2D eigenvalue weighted by Gasteiger charge is 2.48. The van der Waals surface area contributed by atoms with E-state index in [1.165, 1.54) is 6.92 Å². The van der Waals surface area contributed by atoms with Crippen LogP contribution >= 0.6 is 0 Å². The van der Waals surface area contributed by atoms with Gasteiger partial charge in [-0.1, -0.05) is 0 Å². The molecule has 0 aromatic carbocycles. The van der Waals surface area contributed by atoms with E-state index in [9.17, 15) is 9.59 Å². The molecule has 2 rings (SSSR count). The Morgan fingerprint density at radius 1 is 1.27 bits per heavy atom. The molecule has 0 radical (unpaired) electrons. The Labute approximate surface area is 89.0 Å². The van der Waals surface area contributed by atoms with E-state index < -0.39 is 5.97 Å². The Bertz CT molecular complexity index is 290. The van der Waals surface area contributed by atoms with Crippen molar-refractivity contribution in [3.8, 4) is 0 Å². The largest absolute Gasteiger partial charge is 0.481 e. The van der Waals surface area contributed by atoms with E-state index in [4.69, 9.17) is 5.11 Å². The summed E-state index contributed by atoms with van der Waals surface area (Å²) in [5.41, 5.74) is 0. The molecule has 0 saturated heterocycles. The van der Waals surface area contributed by atoms with Gasteiger partial charge in [-0.25, -0.2) is 0 Å². The molecule has 0 spiro atoms. The first-order valence-electron chi connectivity index (χ1n) is 5.55. The summed E-state index contributed by atoms with van der Waals surface area (Å²) in [4.78, 5) is 21.7. The normalized spacial score (nSPS) is 37.9.